The van der Waals surface area contributed by atoms with Crippen LogP contribution in [-0.4, -0.2) is 44.7 Å². The Morgan fingerprint density at radius 1 is 0.900 bits per heavy atom. The maximum absolute atomic E-state index is 4.62. The lowest BCUT2D eigenvalue weighted by molar-refractivity contribution is 0.693. The summed E-state index contributed by atoms with van der Waals surface area (Å²) in [6, 6.07) is 4.07. The standard InChI is InChI=1S/C21H17N9/c1-13-4-14-7-26-30(21(14)24-5-13)12-19-17-9-27-29(20(17)2-3-23-19)11-15-6-22-10-18-16(15)8-25-28-18/h2-10H,11-12H2,1H3,(H,25,28). The number of pyridine rings is 3. The first-order valence-corrected chi connectivity index (χ1v) is 9.60. The summed E-state index contributed by atoms with van der Waals surface area (Å²) in [5.74, 6) is 0. The van der Waals surface area contributed by atoms with Crippen LogP contribution in [0.3, 0.4) is 0 Å². The molecular formula is C21H17N9. The quantitative estimate of drug-likeness (QED) is 0.492. The Bertz CT molecular complexity index is 1520. The molecule has 0 aliphatic carbocycles. The van der Waals surface area contributed by atoms with Crippen molar-refractivity contribution in [3.05, 3.63) is 72.3 Å². The topological polar surface area (TPSA) is 103 Å². The molecule has 0 aliphatic rings. The Hall–Kier alpha value is -4.14. The van der Waals surface area contributed by atoms with Gasteiger partial charge in [0.05, 0.1) is 54.6 Å². The van der Waals surface area contributed by atoms with Crippen LogP contribution >= 0.6 is 0 Å². The lowest BCUT2D eigenvalue weighted by atomic mass is 10.2. The first-order chi connectivity index (χ1) is 14.8. The van der Waals surface area contributed by atoms with E-state index < -0.39 is 0 Å². The van der Waals surface area contributed by atoms with Crippen LogP contribution in [0.5, 0.6) is 0 Å². The van der Waals surface area contributed by atoms with Gasteiger partial charge >= 0.3 is 0 Å². The average Bonchev–Trinajstić information content (AvgIpc) is 3.48. The van der Waals surface area contributed by atoms with Crippen molar-refractivity contribution in [3.8, 4) is 0 Å². The van der Waals surface area contributed by atoms with Gasteiger partial charge in [0.15, 0.2) is 5.65 Å². The van der Waals surface area contributed by atoms with Crippen LogP contribution in [0.25, 0.3) is 32.8 Å². The molecule has 9 heteroatoms. The third-order valence-electron chi connectivity index (χ3n) is 5.33. The highest BCUT2D eigenvalue weighted by molar-refractivity contribution is 5.83. The van der Waals surface area contributed by atoms with Gasteiger partial charge in [-0.2, -0.15) is 15.3 Å². The number of rotatable bonds is 4. The maximum Gasteiger partial charge on any atom is 0.158 e. The van der Waals surface area contributed by atoms with Crippen molar-refractivity contribution in [2.24, 2.45) is 0 Å². The van der Waals surface area contributed by atoms with Crippen LogP contribution in [0.1, 0.15) is 16.8 Å². The molecule has 0 amide bonds. The molecule has 0 saturated heterocycles. The molecule has 0 aliphatic heterocycles. The second-order valence-electron chi connectivity index (χ2n) is 7.35. The summed E-state index contributed by atoms with van der Waals surface area (Å²) in [6.07, 6.45) is 12.8. The molecule has 0 saturated carbocycles. The van der Waals surface area contributed by atoms with Gasteiger partial charge in [0, 0.05) is 40.3 Å². The zero-order chi connectivity index (χ0) is 20.1. The number of nitrogens with one attached hydrogen (secondary N) is 1. The van der Waals surface area contributed by atoms with Crippen LogP contribution in [0.2, 0.25) is 0 Å². The predicted molar refractivity (Wildman–Crippen MR) is 112 cm³/mol. The molecule has 6 heterocycles. The summed E-state index contributed by atoms with van der Waals surface area (Å²) in [5, 5.41) is 19.3. The van der Waals surface area contributed by atoms with E-state index in [1.807, 2.05) is 59.5 Å². The molecule has 0 fully saturated rings. The molecule has 0 atom stereocenters. The Balaban J connectivity index is 1.39. The van der Waals surface area contributed by atoms with Gasteiger partial charge in [0.1, 0.15) is 0 Å². The monoisotopic (exact) mass is 395 g/mol. The summed E-state index contributed by atoms with van der Waals surface area (Å²) >= 11 is 0. The summed E-state index contributed by atoms with van der Waals surface area (Å²) in [7, 11) is 0. The Kier molecular flexibility index (Phi) is 3.61. The van der Waals surface area contributed by atoms with Crippen molar-refractivity contribution in [1.82, 2.24) is 44.7 Å². The Labute approximate surface area is 170 Å². The van der Waals surface area contributed by atoms with E-state index in [2.05, 4.69) is 41.4 Å². The molecule has 9 nitrogen and oxygen atoms in total. The number of nitrogens with zero attached hydrogens (tertiary/aromatic N) is 8. The molecule has 0 unspecified atom stereocenters. The summed E-state index contributed by atoms with van der Waals surface area (Å²) < 4.78 is 3.84. The van der Waals surface area contributed by atoms with Crippen molar-refractivity contribution in [2.75, 3.05) is 0 Å². The summed E-state index contributed by atoms with van der Waals surface area (Å²) in [6.45, 7) is 3.16. The lowest BCUT2D eigenvalue weighted by Crippen LogP contribution is -2.05. The highest BCUT2D eigenvalue weighted by Gasteiger charge is 2.13. The summed E-state index contributed by atoms with van der Waals surface area (Å²) in [5.41, 5.74) is 5.86. The fourth-order valence-electron chi connectivity index (χ4n) is 3.86. The van der Waals surface area contributed by atoms with E-state index in [0.29, 0.717) is 13.1 Å². The number of hydrogen-bond donors (Lipinski definition) is 1. The molecule has 6 rings (SSSR count). The second kappa shape index (κ2) is 6.45. The average molecular weight is 395 g/mol. The van der Waals surface area contributed by atoms with Crippen molar-refractivity contribution in [3.63, 3.8) is 0 Å². The third-order valence-corrected chi connectivity index (χ3v) is 5.33. The molecular weight excluding hydrogens is 378 g/mol. The van der Waals surface area contributed by atoms with E-state index in [-0.39, 0.29) is 0 Å². The largest absolute Gasteiger partial charge is 0.276 e. The molecule has 0 bridgehead atoms. The van der Waals surface area contributed by atoms with Crippen molar-refractivity contribution in [2.45, 2.75) is 20.0 Å². The molecule has 30 heavy (non-hydrogen) atoms. The van der Waals surface area contributed by atoms with Gasteiger partial charge in [-0.25, -0.2) is 9.67 Å². The number of aromatic nitrogens is 9. The summed E-state index contributed by atoms with van der Waals surface area (Å²) in [4.78, 5) is 13.4. The maximum atomic E-state index is 4.62. The van der Waals surface area contributed by atoms with Gasteiger partial charge in [-0.05, 0) is 24.6 Å². The lowest BCUT2D eigenvalue weighted by Gasteiger charge is -2.07. The molecule has 0 spiro atoms. The van der Waals surface area contributed by atoms with Gasteiger partial charge in [0.2, 0.25) is 0 Å². The zero-order valence-electron chi connectivity index (χ0n) is 16.2. The Morgan fingerprint density at radius 2 is 1.83 bits per heavy atom. The van der Waals surface area contributed by atoms with E-state index in [9.17, 15) is 0 Å². The van der Waals surface area contributed by atoms with Crippen LogP contribution in [-0.2, 0) is 13.1 Å². The first-order valence-electron chi connectivity index (χ1n) is 9.60. The van der Waals surface area contributed by atoms with Gasteiger partial charge in [-0.15, -0.1) is 0 Å². The van der Waals surface area contributed by atoms with E-state index >= 15 is 0 Å². The first kappa shape index (κ1) is 16.8. The highest BCUT2D eigenvalue weighted by Crippen LogP contribution is 2.22. The highest BCUT2D eigenvalue weighted by atomic mass is 15.3. The number of fused-ring (bicyclic) bond motifs is 3. The van der Waals surface area contributed by atoms with Gasteiger partial charge in [0.25, 0.3) is 0 Å². The van der Waals surface area contributed by atoms with Crippen LogP contribution in [0.4, 0.5) is 0 Å². The van der Waals surface area contributed by atoms with Crippen LogP contribution < -0.4 is 0 Å². The molecule has 6 aromatic rings. The molecule has 6 aromatic heterocycles. The SMILES string of the molecule is Cc1cnc2c(cnn2Cc2nccc3c2cnn3Cc2cncc3[nH]ncc23)c1. The number of H-pyrrole nitrogens is 1. The fourth-order valence-corrected chi connectivity index (χ4v) is 3.86. The predicted octanol–water partition coefficient (Wildman–Crippen LogP) is 2.85. The molecule has 146 valence electrons. The van der Waals surface area contributed by atoms with Crippen molar-refractivity contribution in [1.29, 1.82) is 0 Å². The molecule has 1 N–H and O–H groups in total. The second-order valence-corrected chi connectivity index (χ2v) is 7.35. The third kappa shape index (κ3) is 2.63. The fraction of sp³-hybridized carbons (Fsp3) is 0.143. The minimum Gasteiger partial charge on any atom is -0.276 e. The normalized spacial score (nSPS) is 11.8. The number of aromatic amines is 1. The van der Waals surface area contributed by atoms with Gasteiger partial charge < -0.3 is 0 Å². The number of hydrogen-bond acceptors (Lipinski definition) is 6. The number of aryl methyl sites for hydroxylation is 1. The minimum atomic E-state index is 0.529. The van der Waals surface area contributed by atoms with Gasteiger partial charge in [-0.1, -0.05) is 0 Å². The van der Waals surface area contributed by atoms with E-state index in [0.717, 1.165) is 49.7 Å². The zero-order valence-corrected chi connectivity index (χ0v) is 16.2. The van der Waals surface area contributed by atoms with Gasteiger partial charge in [-0.3, -0.25) is 19.7 Å². The van der Waals surface area contributed by atoms with Crippen molar-refractivity contribution < 1.29 is 0 Å². The Morgan fingerprint density at radius 3 is 2.80 bits per heavy atom. The molecule has 0 aromatic carbocycles. The van der Waals surface area contributed by atoms with E-state index in [4.69, 9.17) is 0 Å². The van der Waals surface area contributed by atoms with E-state index in [1.54, 1.807) is 6.20 Å². The van der Waals surface area contributed by atoms with E-state index in [1.165, 1.54) is 0 Å². The van der Waals surface area contributed by atoms with Crippen LogP contribution in [0, 0.1) is 6.92 Å². The minimum absolute atomic E-state index is 0.529. The van der Waals surface area contributed by atoms with Crippen molar-refractivity contribution >= 4 is 32.8 Å². The molecule has 0 radical (unpaired) electrons. The smallest absolute Gasteiger partial charge is 0.158 e. The van der Waals surface area contributed by atoms with Crippen LogP contribution in [0.15, 0.2) is 55.5 Å².